The van der Waals surface area contributed by atoms with E-state index in [1.165, 1.54) is 0 Å². The topological polar surface area (TPSA) is 64.4 Å². The number of non-ortho nitro benzene ring substituents is 1. The number of nitro benzene ring substituents is 1. The van der Waals surface area contributed by atoms with E-state index < -0.39 is 0 Å². The number of anilines is 1. The minimum Gasteiger partial charge on any atom is -0.496 e. The first-order valence-corrected chi connectivity index (χ1v) is 9.34. The number of hydrogen-bond donors (Lipinski definition) is 1. The number of rotatable bonds is 3. The normalized spacial score (nSPS) is 23.1. The lowest BCUT2D eigenvalue weighted by Gasteiger charge is -2.38. The Labute approximate surface area is 160 Å². The van der Waals surface area contributed by atoms with Crippen molar-refractivity contribution in [1.82, 2.24) is 0 Å². The van der Waals surface area contributed by atoms with Gasteiger partial charge in [0.1, 0.15) is 5.75 Å². The summed E-state index contributed by atoms with van der Waals surface area (Å²) in [7, 11) is 1.68. The largest absolute Gasteiger partial charge is 0.496 e. The monoisotopic (exact) mass is 414 g/mol. The first kappa shape index (κ1) is 17.1. The molecule has 2 aromatic rings. The lowest BCUT2D eigenvalue weighted by Crippen LogP contribution is -2.30. The van der Waals surface area contributed by atoms with Gasteiger partial charge in [-0.1, -0.05) is 28.1 Å². The van der Waals surface area contributed by atoms with Gasteiger partial charge in [-0.05, 0) is 48.6 Å². The van der Waals surface area contributed by atoms with Gasteiger partial charge in [0.05, 0.1) is 18.1 Å². The molecule has 2 aliphatic rings. The number of fused-ring (bicyclic) bond motifs is 3. The van der Waals surface area contributed by atoms with Crippen molar-refractivity contribution >= 4 is 27.3 Å². The van der Waals surface area contributed by atoms with Crippen molar-refractivity contribution in [2.75, 3.05) is 12.4 Å². The first-order valence-electron chi connectivity index (χ1n) is 8.55. The number of aryl methyl sites for hydroxylation is 1. The summed E-state index contributed by atoms with van der Waals surface area (Å²) in [6, 6.07) is 9.47. The Hall–Kier alpha value is -2.34. The summed E-state index contributed by atoms with van der Waals surface area (Å²) < 4.78 is 6.60. The minimum absolute atomic E-state index is 0.0788. The van der Waals surface area contributed by atoms with Crippen LogP contribution in [0.15, 0.2) is 47.0 Å². The van der Waals surface area contributed by atoms with Crippen LogP contribution in [0.25, 0.3) is 0 Å². The number of hydrogen-bond acceptors (Lipinski definition) is 4. The van der Waals surface area contributed by atoms with Crippen LogP contribution in [0.5, 0.6) is 5.75 Å². The van der Waals surface area contributed by atoms with Crippen molar-refractivity contribution in [3.8, 4) is 5.75 Å². The summed E-state index contributed by atoms with van der Waals surface area (Å²) in [6.07, 6.45) is 5.29. The second-order valence-electron chi connectivity index (χ2n) is 6.85. The van der Waals surface area contributed by atoms with Crippen LogP contribution in [0.3, 0.4) is 0 Å². The Balaban J connectivity index is 1.86. The van der Waals surface area contributed by atoms with Crippen LogP contribution in [0.4, 0.5) is 11.4 Å². The first-order chi connectivity index (χ1) is 12.5. The van der Waals surface area contributed by atoms with E-state index in [4.69, 9.17) is 4.74 Å². The summed E-state index contributed by atoms with van der Waals surface area (Å²) >= 11 is 3.56. The molecule has 2 aromatic carbocycles. The van der Waals surface area contributed by atoms with Crippen molar-refractivity contribution in [1.29, 1.82) is 0 Å². The molecule has 1 aliphatic heterocycles. The zero-order valence-electron chi connectivity index (χ0n) is 14.5. The Morgan fingerprint density at radius 1 is 1.27 bits per heavy atom. The van der Waals surface area contributed by atoms with Crippen LogP contribution >= 0.6 is 15.9 Å². The van der Waals surface area contributed by atoms with Gasteiger partial charge in [-0.3, -0.25) is 10.1 Å². The van der Waals surface area contributed by atoms with Crippen molar-refractivity contribution in [3.63, 3.8) is 0 Å². The zero-order chi connectivity index (χ0) is 18.4. The highest BCUT2D eigenvalue weighted by Gasteiger charge is 2.40. The van der Waals surface area contributed by atoms with Gasteiger partial charge < -0.3 is 10.1 Å². The number of nitro groups is 1. The predicted octanol–water partition coefficient (Wildman–Crippen LogP) is 5.50. The van der Waals surface area contributed by atoms with Crippen LogP contribution < -0.4 is 10.1 Å². The predicted molar refractivity (Wildman–Crippen MR) is 105 cm³/mol. The second-order valence-corrected chi connectivity index (χ2v) is 7.76. The number of nitrogens with zero attached hydrogens (tertiary/aromatic N) is 1. The lowest BCUT2D eigenvalue weighted by molar-refractivity contribution is -0.385. The van der Waals surface area contributed by atoms with Crippen LogP contribution in [-0.4, -0.2) is 12.0 Å². The smallest absolute Gasteiger partial charge is 0.270 e. The maximum atomic E-state index is 11.3. The number of halogens is 1. The fourth-order valence-electron chi connectivity index (χ4n) is 4.23. The highest BCUT2D eigenvalue weighted by Crippen LogP contribution is 2.52. The number of benzene rings is 2. The van der Waals surface area contributed by atoms with E-state index in [0.717, 1.165) is 39.0 Å². The highest BCUT2D eigenvalue weighted by molar-refractivity contribution is 9.10. The van der Waals surface area contributed by atoms with Crippen LogP contribution in [-0.2, 0) is 0 Å². The summed E-state index contributed by atoms with van der Waals surface area (Å²) in [5.74, 6) is 1.31. The third-order valence-electron chi connectivity index (χ3n) is 5.39. The minimum atomic E-state index is -0.315. The molecule has 5 nitrogen and oxygen atoms in total. The van der Waals surface area contributed by atoms with Crippen molar-refractivity contribution in [3.05, 3.63) is 73.8 Å². The van der Waals surface area contributed by atoms with Crippen LogP contribution in [0, 0.1) is 23.0 Å². The molecule has 0 radical (unpaired) electrons. The molecule has 4 rings (SSSR count). The zero-order valence-corrected chi connectivity index (χ0v) is 16.1. The van der Waals surface area contributed by atoms with Crippen molar-refractivity contribution < 1.29 is 9.66 Å². The van der Waals surface area contributed by atoms with Crippen LogP contribution in [0.2, 0.25) is 0 Å². The molecule has 3 atom stereocenters. The average Bonchev–Trinajstić information content (AvgIpc) is 3.11. The molecule has 1 heterocycles. The van der Waals surface area contributed by atoms with Gasteiger partial charge in [-0.2, -0.15) is 0 Å². The van der Waals surface area contributed by atoms with Crippen molar-refractivity contribution in [2.24, 2.45) is 5.92 Å². The number of allylic oxidation sites excluding steroid dienone is 2. The van der Waals surface area contributed by atoms with E-state index in [1.807, 2.05) is 19.1 Å². The van der Waals surface area contributed by atoms with Gasteiger partial charge in [0.15, 0.2) is 0 Å². The summed E-state index contributed by atoms with van der Waals surface area (Å²) in [4.78, 5) is 11.0. The Morgan fingerprint density at radius 3 is 2.81 bits per heavy atom. The molecule has 0 saturated heterocycles. The molecular formula is C20H19BrN2O3. The molecule has 1 N–H and O–H groups in total. The maximum Gasteiger partial charge on any atom is 0.270 e. The van der Waals surface area contributed by atoms with E-state index in [0.29, 0.717) is 5.92 Å². The van der Waals surface area contributed by atoms with Gasteiger partial charge in [-0.15, -0.1) is 0 Å². The van der Waals surface area contributed by atoms with Gasteiger partial charge >= 0.3 is 0 Å². The quantitative estimate of drug-likeness (QED) is 0.409. The maximum absolute atomic E-state index is 11.3. The standard InChI is InChI=1S/C20H19BrN2O3/c1-11-8-13(23(24)25)10-16-14-4-3-5-15(14)20(22-19(11)16)17-9-12(21)6-7-18(17)26-2/h3-4,6-10,14-15,20,22H,5H2,1-2H3/t14-,15-,20+/m0/s1. The SMILES string of the molecule is COc1ccc(Br)cc1[C@@H]1Nc2c(C)cc([N+](=O)[O-])cc2[C@H]2C=CC[C@@H]21. The van der Waals surface area contributed by atoms with E-state index in [-0.39, 0.29) is 22.6 Å². The number of ether oxygens (including phenoxy) is 1. The molecule has 6 heteroatoms. The third-order valence-corrected chi connectivity index (χ3v) is 5.88. The Morgan fingerprint density at radius 2 is 2.08 bits per heavy atom. The van der Waals surface area contributed by atoms with E-state index in [9.17, 15) is 10.1 Å². The molecule has 0 spiro atoms. The molecule has 26 heavy (non-hydrogen) atoms. The fourth-order valence-corrected chi connectivity index (χ4v) is 4.61. The van der Waals surface area contributed by atoms with E-state index in [1.54, 1.807) is 19.2 Å². The van der Waals surface area contributed by atoms with Gasteiger partial charge in [0.25, 0.3) is 5.69 Å². The summed E-state index contributed by atoms with van der Waals surface area (Å²) in [6.45, 7) is 1.92. The van der Waals surface area contributed by atoms with E-state index >= 15 is 0 Å². The molecule has 0 amide bonds. The molecule has 0 saturated carbocycles. The number of nitrogens with one attached hydrogen (secondary N) is 1. The number of methoxy groups -OCH3 is 1. The molecule has 134 valence electrons. The van der Waals surface area contributed by atoms with Crippen LogP contribution in [0.1, 0.15) is 35.1 Å². The summed E-state index contributed by atoms with van der Waals surface area (Å²) in [5.41, 5.74) is 4.16. The molecule has 0 fully saturated rings. The molecule has 1 aliphatic carbocycles. The molecular weight excluding hydrogens is 396 g/mol. The van der Waals surface area contributed by atoms with Gasteiger partial charge in [-0.25, -0.2) is 0 Å². The second kappa shape index (κ2) is 6.43. The third kappa shape index (κ3) is 2.69. The molecule has 0 bridgehead atoms. The van der Waals surface area contributed by atoms with Crippen molar-refractivity contribution in [2.45, 2.75) is 25.3 Å². The average molecular weight is 415 g/mol. The Kier molecular flexibility index (Phi) is 4.23. The van der Waals surface area contributed by atoms with Gasteiger partial charge in [0.2, 0.25) is 0 Å². The molecule has 0 unspecified atom stereocenters. The highest BCUT2D eigenvalue weighted by atomic mass is 79.9. The molecule has 0 aromatic heterocycles. The Bertz CT molecular complexity index is 926. The van der Waals surface area contributed by atoms with E-state index in [2.05, 4.69) is 39.5 Å². The lowest BCUT2D eigenvalue weighted by atomic mass is 9.76. The van der Waals surface area contributed by atoms with Gasteiger partial charge in [0, 0.05) is 33.8 Å². The fraction of sp³-hybridized carbons (Fsp3) is 0.300. The summed E-state index contributed by atoms with van der Waals surface area (Å²) in [5, 5.41) is 14.9.